The first kappa shape index (κ1) is 16.0. The van der Waals surface area contributed by atoms with Crippen molar-refractivity contribution >= 4 is 32.3 Å². The van der Waals surface area contributed by atoms with Gasteiger partial charge in [-0.2, -0.15) is 0 Å². The fourth-order valence-corrected chi connectivity index (χ4v) is 5.27. The Morgan fingerprint density at radius 2 is 0.967 bits per heavy atom. The van der Waals surface area contributed by atoms with Crippen LogP contribution in [0.15, 0.2) is 109 Å². The predicted molar refractivity (Wildman–Crippen MR) is 129 cm³/mol. The molecule has 0 heteroatoms. The molecule has 0 aliphatic heterocycles. The van der Waals surface area contributed by atoms with Gasteiger partial charge < -0.3 is 0 Å². The van der Waals surface area contributed by atoms with E-state index in [1.165, 1.54) is 65.7 Å². The average molecular weight is 378 g/mol. The van der Waals surface area contributed by atoms with Gasteiger partial charge in [0.2, 0.25) is 0 Å². The van der Waals surface area contributed by atoms with Gasteiger partial charge in [0.1, 0.15) is 0 Å². The van der Waals surface area contributed by atoms with Gasteiger partial charge in [0.25, 0.3) is 0 Å². The molecule has 0 aromatic heterocycles. The monoisotopic (exact) mass is 378 g/mol. The molecule has 6 aromatic rings. The Morgan fingerprint density at radius 3 is 1.83 bits per heavy atom. The minimum absolute atomic E-state index is 1.29. The highest BCUT2D eigenvalue weighted by Crippen LogP contribution is 2.49. The standard InChI is InChI=1S/C30H18/c1-2-10-22-19(8-1)17-28(25-13-5-3-11-23(22)25)21-16-20-9-7-15-27-24-12-4-6-14-26(24)29(18-21)30(20)27/h1-18H. The molecule has 0 radical (unpaired) electrons. The lowest BCUT2D eigenvalue weighted by Gasteiger charge is -2.13. The van der Waals surface area contributed by atoms with Crippen LogP contribution in [0.1, 0.15) is 0 Å². The van der Waals surface area contributed by atoms with Gasteiger partial charge in [0.15, 0.2) is 0 Å². The molecule has 30 heavy (non-hydrogen) atoms. The highest BCUT2D eigenvalue weighted by Gasteiger charge is 2.22. The molecule has 0 fully saturated rings. The lowest BCUT2D eigenvalue weighted by atomic mass is 9.90. The molecule has 0 nitrogen and oxygen atoms in total. The summed E-state index contributed by atoms with van der Waals surface area (Å²) in [6.45, 7) is 0. The smallest absolute Gasteiger partial charge is 0.00259 e. The zero-order valence-electron chi connectivity index (χ0n) is 16.4. The Bertz CT molecular complexity index is 1640. The summed E-state index contributed by atoms with van der Waals surface area (Å²) in [5.74, 6) is 0. The molecule has 138 valence electrons. The Balaban J connectivity index is 1.62. The number of hydrogen-bond acceptors (Lipinski definition) is 0. The normalized spacial score (nSPS) is 12.0. The minimum atomic E-state index is 1.29. The van der Waals surface area contributed by atoms with Crippen molar-refractivity contribution in [1.82, 2.24) is 0 Å². The van der Waals surface area contributed by atoms with Crippen LogP contribution in [0.2, 0.25) is 0 Å². The van der Waals surface area contributed by atoms with E-state index >= 15 is 0 Å². The molecule has 7 rings (SSSR count). The number of fused-ring (bicyclic) bond motifs is 6. The Labute approximate surface area is 175 Å². The third-order valence-corrected chi connectivity index (χ3v) is 6.56. The summed E-state index contributed by atoms with van der Waals surface area (Å²) in [6.07, 6.45) is 0. The molecule has 0 N–H and O–H groups in total. The summed E-state index contributed by atoms with van der Waals surface area (Å²) in [7, 11) is 0. The fraction of sp³-hybridized carbons (Fsp3) is 0. The number of hydrogen-bond donors (Lipinski definition) is 0. The Hall–Kier alpha value is -3.90. The SMILES string of the molecule is c1ccc2c(c1)-c1cccc3cc(-c4cc5ccccc5c5ccccc45)cc-2c13. The summed E-state index contributed by atoms with van der Waals surface area (Å²) < 4.78 is 0. The Morgan fingerprint density at radius 1 is 0.333 bits per heavy atom. The van der Waals surface area contributed by atoms with Crippen molar-refractivity contribution in [2.45, 2.75) is 0 Å². The van der Waals surface area contributed by atoms with Crippen LogP contribution in [-0.2, 0) is 0 Å². The van der Waals surface area contributed by atoms with Crippen molar-refractivity contribution < 1.29 is 0 Å². The maximum absolute atomic E-state index is 2.40. The van der Waals surface area contributed by atoms with Crippen LogP contribution >= 0.6 is 0 Å². The molecule has 0 amide bonds. The van der Waals surface area contributed by atoms with E-state index in [4.69, 9.17) is 0 Å². The molecule has 0 heterocycles. The third-order valence-electron chi connectivity index (χ3n) is 6.56. The molecular formula is C30H18. The summed E-state index contributed by atoms with van der Waals surface area (Å²) in [6, 6.07) is 40.1. The third kappa shape index (κ3) is 2.06. The van der Waals surface area contributed by atoms with E-state index in [0.29, 0.717) is 0 Å². The van der Waals surface area contributed by atoms with Crippen LogP contribution in [0.25, 0.3) is 65.7 Å². The van der Waals surface area contributed by atoms with Crippen molar-refractivity contribution in [3.05, 3.63) is 109 Å². The van der Waals surface area contributed by atoms with Crippen LogP contribution in [0.5, 0.6) is 0 Å². The average Bonchev–Trinajstić information content (AvgIpc) is 3.14. The zero-order chi connectivity index (χ0) is 19.7. The number of rotatable bonds is 1. The molecule has 0 spiro atoms. The van der Waals surface area contributed by atoms with Crippen molar-refractivity contribution in [3.63, 3.8) is 0 Å². The summed E-state index contributed by atoms with van der Waals surface area (Å²) in [5, 5.41) is 7.93. The molecule has 0 saturated heterocycles. The molecule has 0 saturated carbocycles. The van der Waals surface area contributed by atoms with E-state index in [1.807, 2.05) is 0 Å². The van der Waals surface area contributed by atoms with E-state index < -0.39 is 0 Å². The van der Waals surface area contributed by atoms with Crippen molar-refractivity contribution in [3.8, 4) is 33.4 Å². The molecular weight excluding hydrogens is 360 g/mol. The molecule has 0 unspecified atom stereocenters. The minimum Gasteiger partial charge on any atom is -0.0616 e. The van der Waals surface area contributed by atoms with Gasteiger partial charge in [-0.1, -0.05) is 91.0 Å². The molecule has 1 aliphatic carbocycles. The van der Waals surface area contributed by atoms with Crippen molar-refractivity contribution in [1.29, 1.82) is 0 Å². The predicted octanol–water partition coefficient (Wildman–Crippen LogP) is 8.46. The van der Waals surface area contributed by atoms with Crippen molar-refractivity contribution in [2.24, 2.45) is 0 Å². The second kappa shape index (κ2) is 5.81. The lowest BCUT2D eigenvalue weighted by molar-refractivity contribution is 1.68. The van der Waals surface area contributed by atoms with Crippen LogP contribution < -0.4 is 0 Å². The first-order chi connectivity index (χ1) is 14.9. The second-order valence-corrected chi connectivity index (χ2v) is 8.16. The maximum atomic E-state index is 2.40. The second-order valence-electron chi connectivity index (χ2n) is 8.16. The number of benzene rings is 6. The van der Waals surface area contributed by atoms with Crippen LogP contribution in [-0.4, -0.2) is 0 Å². The topological polar surface area (TPSA) is 0 Å². The van der Waals surface area contributed by atoms with Crippen LogP contribution in [0.3, 0.4) is 0 Å². The highest BCUT2D eigenvalue weighted by atomic mass is 14.2. The summed E-state index contributed by atoms with van der Waals surface area (Å²) in [4.78, 5) is 0. The van der Waals surface area contributed by atoms with Crippen molar-refractivity contribution in [2.75, 3.05) is 0 Å². The summed E-state index contributed by atoms with van der Waals surface area (Å²) >= 11 is 0. The maximum Gasteiger partial charge on any atom is -0.00259 e. The van der Waals surface area contributed by atoms with Gasteiger partial charge in [-0.15, -0.1) is 0 Å². The van der Waals surface area contributed by atoms with E-state index in [9.17, 15) is 0 Å². The van der Waals surface area contributed by atoms with Gasteiger partial charge in [0, 0.05) is 0 Å². The van der Waals surface area contributed by atoms with Gasteiger partial charge in [0.05, 0.1) is 0 Å². The van der Waals surface area contributed by atoms with E-state index in [-0.39, 0.29) is 0 Å². The zero-order valence-corrected chi connectivity index (χ0v) is 16.4. The largest absolute Gasteiger partial charge is 0.0616 e. The lowest BCUT2D eigenvalue weighted by Crippen LogP contribution is -1.86. The first-order valence-electron chi connectivity index (χ1n) is 10.5. The molecule has 0 bridgehead atoms. The van der Waals surface area contributed by atoms with Gasteiger partial charge in [-0.05, 0) is 83.9 Å². The van der Waals surface area contributed by atoms with E-state index in [0.717, 1.165) is 0 Å². The van der Waals surface area contributed by atoms with Crippen LogP contribution in [0, 0.1) is 0 Å². The molecule has 0 atom stereocenters. The first-order valence-corrected chi connectivity index (χ1v) is 10.5. The quantitative estimate of drug-likeness (QED) is 0.251. The fourth-order valence-electron chi connectivity index (χ4n) is 5.27. The van der Waals surface area contributed by atoms with E-state index in [1.54, 1.807) is 0 Å². The highest BCUT2D eigenvalue weighted by molar-refractivity contribution is 6.18. The van der Waals surface area contributed by atoms with Gasteiger partial charge in [-0.25, -0.2) is 0 Å². The van der Waals surface area contributed by atoms with Gasteiger partial charge >= 0.3 is 0 Å². The summed E-state index contributed by atoms with van der Waals surface area (Å²) in [5.41, 5.74) is 7.98. The Kier molecular flexibility index (Phi) is 3.09. The van der Waals surface area contributed by atoms with E-state index in [2.05, 4.69) is 109 Å². The molecule has 6 aromatic carbocycles. The van der Waals surface area contributed by atoms with Gasteiger partial charge in [-0.3, -0.25) is 0 Å². The molecule has 1 aliphatic rings. The van der Waals surface area contributed by atoms with Crippen LogP contribution in [0.4, 0.5) is 0 Å².